The molecule has 0 aromatic heterocycles. The molecule has 0 amide bonds. The first-order chi connectivity index (χ1) is 15.5. The van der Waals surface area contributed by atoms with Gasteiger partial charge in [0.2, 0.25) is 0 Å². The van der Waals surface area contributed by atoms with Crippen LogP contribution < -0.4 is 20.4 Å². The highest BCUT2D eigenvalue weighted by molar-refractivity contribution is 5.80. The van der Waals surface area contributed by atoms with E-state index in [2.05, 4.69) is 15.6 Å². The SMILES string of the molecule is CN=C(NCc1ccc(N2CCOCC2)c(F)c1)NC1CCN(c2ccc(F)cc2F)C1. The first-order valence-corrected chi connectivity index (χ1v) is 10.8. The van der Waals surface area contributed by atoms with Crippen molar-refractivity contribution in [3.05, 3.63) is 59.4 Å². The topological polar surface area (TPSA) is 52.1 Å². The van der Waals surface area contributed by atoms with Crippen LogP contribution in [0.5, 0.6) is 0 Å². The largest absolute Gasteiger partial charge is 0.378 e. The van der Waals surface area contributed by atoms with E-state index in [-0.39, 0.29) is 11.9 Å². The molecule has 1 atom stereocenters. The minimum atomic E-state index is -0.584. The summed E-state index contributed by atoms with van der Waals surface area (Å²) < 4.78 is 47.2. The Labute approximate surface area is 186 Å². The fraction of sp³-hybridized carbons (Fsp3) is 0.435. The van der Waals surface area contributed by atoms with Crippen LogP contribution >= 0.6 is 0 Å². The standard InChI is InChI=1S/C23H28F3N5O/c1-27-23(29-18-6-7-31(15-18)22-5-3-17(24)13-20(22)26)28-14-16-2-4-21(19(25)12-16)30-8-10-32-11-9-30/h2-5,12-13,18H,6-11,14-15H2,1H3,(H2,27,28,29). The van der Waals surface area contributed by atoms with Crippen molar-refractivity contribution in [2.45, 2.75) is 19.0 Å². The molecule has 2 heterocycles. The molecular weight excluding hydrogens is 419 g/mol. The smallest absolute Gasteiger partial charge is 0.191 e. The number of benzene rings is 2. The summed E-state index contributed by atoms with van der Waals surface area (Å²) in [7, 11) is 1.67. The highest BCUT2D eigenvalue weighted by Crippen LogP contribution is 2.24. The number of ether oxygens (including phenoxy) is 1. The number of halogens is 3. The lowest BCUT2D eigenvalue weighted by Gasteiger charge is -2.29. The first kappa shape index (κ1) is 22.3. The Kier molecular flexibility index (Phi) is 7.04. The van der Waals surface area contributed by atoms with Crippen LogP contribution in [0.25, 0.3) is 0 Å². The van der Waals surface area contributed by atoms with Gasteiger partial charge >= 0.3 is 0 Å². The number of guanidine groups is 1. The lowest BCUT2D eigenvalue weighted by Crippen LogP contribution is -2.44. The number of morpholine rings is 1. The van der Waals surface area contributed by atoms with Gasteiger partial charge in [-0.15, -0.1) is 0 Å². The van der Waals surface area contributed by atoms with Crippen LogP contribution in [0.2, 0.25) is 0 Å². The van der Waals surface area contributed by atoms with Crippen LogP contribution in [0, 0.1) is 17.5 Å². The minimum Gasteiger partial charge on any atom is -0.378 e. The van der Waals surface area contributed by atoms with Crippen LogP contribution in [0.4, 0.5) is 24.5 Å². The molecule has 2 aromatic rings. The number of hydrogen-bond acceptors (Lipinski definition) is 4. The molecule has 2 N–H and O–H groups in total. The van der Waals surface area contributed by atoms with Gasteiger partial charge in [0, 0.05) is 51.9 Å². The molecule has 2 aromatic carbocycles. The van der Waals surface area contributed by atoms with Crippen molar-refractivity contribution in [1.82, 2.24) is 10.6 Å². The molecule has 32 heavy (non-hydrogen) atoms. The number of anilines is 2. The van der Waals surface area contributed by atoms with Gasteiger partial charge in [0.15, 0.2) is 5.96 Å². The molecule has 1 unspecified atom stereocenters. The average Bonchev–Trinajstić information content (AvgIpc) is 3.25. The van der Waals surface area contributed by atoms with E-state index in [1.165, 1.54) is 12.1 Å². The molecule has 0 radical (unpaired) electrons. The van der Waals surface area contributed by atoms with Crippen LogP contribution in [0.1, 0.15) is 12.0 Å². The molecule has 0 bridgehead atoms. The van der Waals surface area contributed by atoms with Gasteiger partial charge in [0.25, 0.3) is 0 Å². The van der Waals surface area contributed by atoms with E-state index in [4.69, 9.17) is 4.74 Å². The quantitative estimate of drug-likeness (QED) is 0.546. The Morgan fingerprint density at radius 3 is 2.44 bits per heavy atom. The van der Waals surface area contributed by atoms with Gasteiger partial charge < -0.3 is 25.2 Å². The fourth-order valence-electron chi connectivity index (χ4n) is 4.13. The van der Waals surface area contributed by atoms with Gasteiger partial charge in [-0.05, 0) is 36.2 Å². The highest BCUT2D eigenvalue weighted by atomic mass is 19.1. The second-order valence-corrected chi connectivity index (χ2v) is 7.98. The Balaban J connectivity index is 1.30. The molecule has 2 aliphatic rings. The number of nitrogens with zero attached hydrogens (tertiary/aromatic N) is 3. The molecule has 172 valence electrons. The number of aliphatic imine (C=N–C) groups is 1. The van der Waals surface area contributed by atoms with Gasteiger partial charge in [0.1, 0.15) is 17.5 Å². The predicted octanol–water partition coefficient (Wildman–Crippen LogP) is 2.88. The van der Waals surface area contributed by atoms with Crippen molar-refractivity contribution in [2.24, 2.45) is 4.99 Å². The van der Waals surface area contributed by atoms with Gasteiger partial charge in [-0.2, -0.15) is 0 Å². The highest BCUT2D eigenvalue weighted by Gasteiger charge is 2.25. The molecule has 9 heteroatoms. The third-order valence-electron chi connectivity index (χ3n) is 5.83. The van der Waals surface area contributed by atoms with Crippen molar-refractivity contribution in [3.63, 3.8) is 0 Å². The van der Waals surface area contributed by atoms with E-state index in [0.29, 0.717) is 63.3 Å². The number of rotatable bonds is 5. The second kappa shape index (κ2) is 10.1. The number of nitrogens with one attached hydrogen (secondary N) is 2. The maximum absolute atomic E-state index is 14.6. The minimum absolute atomic E-state index is 0.0612. The van der Waals surface area contributed by atoms with E-state index in [0.717, 1.165) is 18.1 Å². The van der Waals surface area contributed by atoms with Gasteiger partial charge in [0.05, 0.1) is 24.6 Å². The van der Waals surface area contributed by atoms with Crippen molar-refractivity contribution in [2.75, 3.05) is 56.2 Å². The van der Waals surface area contributed by atoms with Crippen LogP contribution in [-0.2, 0) is 11.3 Å². The fourth-order valence-corrected chi connectivity index (χ4v) is 4.13. The molecule has 2 fully saturated rings. The van der Waals surface area contributed by atoms with Crippen molar-refractivity contribution in [3.8, 4) is 0 Å². The summed E-state index contributed by atoms with van der Waals surface area (Å²) in [4.78, 5) is 8.12. The van der Waals surface area contributed by atoms with Gasteiger partial charge in [-0.25, -0.2) is 13.2 Å². The Morgan fingerprint density at radius 1 is 1.00 bits per heavy atom. The van der Waals surface area contributed by atoms with Gasteiger partial charge in [-0.3, -0.25) is 4.99 Å². The predicted molar refractivity (Wildman–Crippen MR) is 120 cm³/mol. The molecule has 0 spiro atoms. The third kappa shape index (κ3) is 5.27. The summed E-state index contributed by atoms with van der Waals surface area (Å²) in [6, 6.07) is 8.95. The molecule has 2 aliphatic heterocycles. The van der Waals surface area contributed by atoms with E-state index < -0.39 is 11.6 Å². The Bertz CT molecular complexity index is 965. The monoisotopic (exact) mass is 447 g/mol. The average molecular weight is 448 g/mol. The van der Waals surface area contributed by atoms with Crippen LogP contribution in [0.3, 0.4) is 0 Å². The zero-order valence-electron chi connectivity index (χ0n) is 18.1. The third-order valence-corrected chi connectivity index (χ3v) is 5.83. The summed E-state index contributed by atoms with van der Waals surface area (Å²) in [6.45, 7) is 4.24. The second-order valence-electron chi connectivity index (χ2n) is 7.98. The normalized spacial score (nSPS) is 19.4. The lowest BCUT2D eigenvalue weighted by atomic mass is 10.1. The lowest BCUT2D eigenvalue weighted by molar-refractivity contribution is 0.122. The molecule has 6 nitrogen and oxygen atoms in total. The van der Waals surface area contributed by atoms with E-state index in [9.17, 15) is 13.2 Å². The molecule has 2 saturated heterocycles. The maximum Gasteiger partial charge on any atom is 0.191 e. The van der Waals surface area contributed by atoms with Crippen molar-refractivity contribution in [1.29, 1.82) is 0 Å². The zero-order chi connectivity index (χ0) is 22.5. The summed E-state index contributed by atoms with van der Waals surface area (Å²) in [5.41, 5.74) is 1.80. The number of hydrogen-bond donors (Lipinski definition) is 2. The summed E-state index contributed by atoms with van der Waals surface area (Å²) in [5, 5.41) is 6.54. The summed E-state index contributed by atoms with van der Waals surface area (Å²) in [5.74, 6) is -0.800. The van der Waals surface area contributed by atoms with Crippen molar-refractivity contribution < 1.29 is 17.9 Å². The van der Waals surface area contributed by atoms with Crippen LogP contribution in [0.15, 0.2) is 41.4 Å². The zero-order valence-corrected chi connectivity index (χ0v) is 18.1. The maximum atomic E-state index is 14.6. The van der Waals surface area contributed by atoms with E-state index in [1.807, 2.05) is 15.9 Å². The van der Waals surface area contributed by atoms with Crippen molar-refractivity contribution >= 4 is 17.3 Å². The molecule has 0 aliphatic carbocycles. The summed E-state index contributed by atoms with van der Waals surface area (Å²) in [6.07, 6.45) is 0.792. The van der Waals surface area contributed by atoms with E-state index >= 15 is 0 Å². The van der Waals surface area contributed by atoms with E-state index in [1.54, 1.807) is 19.2 Å². The van der Waals surface area contributed by atoms with Gasteiger partial charge in [-0.1, -0.05) is 6.07 Å². The Hall–Kier alpha value is -2.94. The Morgan fingerprint density at radius 2 is 1.72 bits per heavy atom. The van der Waals surface area contributed by atoms with Crippen LogP contribution in [-0.4, -0.2) is 58.4 Å². The molecule has 0 saturated carbocycles. The molecular formula is C23H28F3N5O. The first-order valence-electron chi connectivity index (χ1n) is 10.8. The summed E-state index contributed by atoms with van der Waals surface area (Å²) >= 11 is 0. The molecule has 4 rings (SSSR count).